The third-order valence-electron chi connectivity index (χ3n) is 2.32. The maximum atomic E-state index is 12.8. The monoisotopic (exact) mass is 205 g/mol. The predicted molar refractivity (Wildman–Crippen MR) is 56.5 cm³/mol. The van der Waals surface area contributed by atoms with Gasteiger partial charge < -0.3 is 10.3 Å². The number of imidazole rings is 1. The fourth-order valence-corrected chi connectivity index (χ4v) is 1.61. The van der Waals surface area contributed by atoms with Crippen LogP contribution in [0.3, 0.4) is 0 Å². The first-order valence-corrected chi connectivity index (χ1v) is 4.68. The van der Waals surface area contributed by atoms with Gasteiger partial charge in [-0.15, -0.1) is 0 Å². The Hall–Kier alpha value is -1.68. The molecule has 1 aromatic carbocycles. The highest BCUT2D eigenvalue weighted by atomic mass is 19.1. The number of rotatable bonds is 2. The van der Waals surface area contributed by atoms with Gasteiger partial charge in [-0.1, -0.05) is 0 Å². The van der Waals surface area contributed by atoms with Gasteiger partial charge in [0, 0.05) is 19.2 Å². The Kier molecular flexibility index (Phi) is 2.51. The lowest BCUT2D eigenvalue weighted by molar-refractivity contribution is 0.628. The highest BCUT2D eigenvalue weighted by Gasteiger charge is 2.09. The summed E-state index contributed by atoms with van der Waals surface area (Å²) in [5.74, 6) is -0.241. The molecule has 0 spiro atoms. The van der Waals surface area contributed by atoms with Crippen LogP contribution in [-0.4, -0.2) is 9.55 Å². The number of halogens is 1. The van der Waals surface area contributed by atoms with Gasteiger partial charge >= 0.3 is 0 Å². The molecule has 0 aliphatic rings. The van der Waals surface area contributed by atoms with Crippen molar-refractivity contribution in [1.82, 2.24) is 9.55 Å². The number of nitrogens with zero attached hydrogens (tertiary/aromatic N) is 2. The zero-order valence-electron chi connectivity index (χ0n) is 8.44. The fourth-order valence-electron chi connectivity index (χ4n) is 1.61. The van der Waals surface area contributed by atoms with Crippen molar-refractivity contribution in [2.75, 3.05) is 0 Å². The van der Waals surface area contributed by atoms with Crippen molar-refractivity contribution in [2.24, 2.45) is 12.8 Å². The van der Waals surface area contributed by atoms with E-state index in [1.54, 1.807) is 18.5 Å². The van der Waals surface area contributed by atoms with E-state index in [2.05, 4.69) is 4.98 Å². The standard InChI is InChI=1S/C11H12FN3/c1-15-7-14-10(6-13)11(15)8-2-4-9(12)5-3-8/h2-5,7H,6,13H2,1H3. The number of nitrogens with two attached hydrogens (primary N) is 1. The normalized spacial score (nSPS) is 10.6. The lowest BCUT2D eigenvalue weighted by Gasteiger charge is -2.04. The lowest BCUT2D eigenvalue weighted by atomic mass is 10.1. The van der Waals surface area contributed by atoms with Crippen LogP contribution < -0.4 is 5.73 Å². The Labute approximate surface area is 87.4 Å². The minimum absolute atomic E-state index is 0.241. The fraction of sp³-hybridized carbons (Fsp3) is 0.182. The summed E-state index contributed by atoms with van der Waals surface area (Å²) in [5.41, 5.74) is 8.27. The van der Waals surface area contributed by atoms with Crippen LogP contribution in [0.5, 0.6) is 0 Å². The van der Waals surface area contributed by atoms with Gasteiger partial charge in [-0.3, -0.25) is 0 Å². The molecule has 0 unspecified atom stereocenters. The molecule has 1 heterocycles. The van der Waals surface area contributed by atoms with Crippen LogP contribution in [-0.2, 0) is 13.6 Å². The van der Waals surface area contributed by atoms with Crippen LogP contribution in [0.4, 0.5) is 4.39 Å². The van der Waals surface area contributed by atoms with Crippen molar-refractivity contribution in [2.45, 2.75) is 6.54 Å². The molecule has 2 aromatic rings. The Balaban J connectivity index is 2.52. The summed E-state index contributed by atoms with van der Waals surface area (Å²) in [6, 6.07) is 6.32. The summed E-state index contributed by atoms with van der Waals surface area (Å²) < 4.78 is 14.6. The predicted octanol–water partition coefficient (Wildman–Crippen LogP) is 1.68. The largest absolute Gasteiger partial charge is 0.333 e. The molecule has 2 rings (SSSR count). The third-order valence-corrected chi connectivity index (χ3v) is 2.32. The summed E-state index contributed by atoms with van der Waals surface area (Å²) in [7, 11) is 1.89. The number of aromatic nitrogens is 2. The topological polar surface area (TPSA) is 43.8 Å². The summed E-state index contributed by atoms with van der Waals surface area (Å²) in [6.45, 7) is 0.382. The quantitative estimate of drug-likeness (QED) is 0.810. The van der Waals surface area contributed by atoms with E-state index < -0.39 is 0 Å². The first kappa shape index (κ1) is 9.86. The van der Waals surface area contributed by atoms with Crippen LogP contribution in [0.15, 0.2) is 30.6 Å². The number of hydrogen-bond donors (Lipinski definition) is 1. The van der Waals surface area contributed by atoms with Crippen LogP contribution in [0.1, 0.15) is 5.69 Å². The van der Waals surface area contributed by atoms with Crippen LogP contribution in [0, 0.1) is 5.82 Å². The van der Waals surface area contributed by atoms with Crippen molar-refractivity contribution in [3.63, 3.8) is 0 Å². The third kappa shape index (κ3) is 1.76. The van der Waals surface area contributed by atoms with Crippen molar-refractivity contribution in [3.05, 3.63) is 42.1 Å². The van der Waals surface area contributed by atoms with E-state index in [4.69, 9.17) is 5.73 Å². The van der Waals surface area contributed by atoms with Crippen LogP contribution in [0.25, 0.3) is 11.3 Å². The molecule has 0 atom stereocenters. The van der Waals surface area contributed by atoms with Gasteiger partial charge in [0.05, 0.1) is 17.7 Å². The number of aryl methyl sites for hydroxylation is 1. The minimum Gasteiger partial charge on any atom is -0.333 e. The van der Waals surface area contributed by atoms with Crippen LogP contribution in [0.2, 0.25) is 0 Å². The van der Waals surface area contributed by atoms with Crippen molar-refractivity contribution in [3.8, 4) is 11.3 Å². The number of benzene rings is 1. The molecule has 0 aliphatic heterocycles. The van der Waals surface area contributed by atoms with E-state index in [1.807, 2.05) is 11.6 Å². The van der Waals surface area contributed by atoms with Crippen molar-refractivity contribution < 1.29 is 4.39 Å². The SMILES string of the molecule is Cn1cnc(CN)c1-c1ccc(F)cc1. The molecule has 0 aliphatic carbocycles. The average Bonchev–Trinajstić information content (AvgIpc) is 2.61. The highest BCUT2D eigenvalue weighted by Crippen LogP contribution is 2.22. The van der Waals surface area contributed by atoms with Crippen LogP contribution >= 0.6 is 0 Å². The van der Waals surface area contributed by atoms with Gasteiger partial charge in [-0.25, -0.2) is 9.37 Å². The van der Waals surface area contributed by atoms with E-state index in [1.165, 1.54) is 12.1 Å². The summed E-state index contributed by atoms with van der Waals surface area (Å²) in [6.07, 6.45) is 1.71. The molecule has 0 saturated heterocycles. The Morgan fingerprint density at radius 1 is 1.33 bits per heavy atom. The Morgan fingerprint density at radius 3 is 2.60 bits per heavy atom. The van der Waals surface area contributed by atoms with Crippen molar-refractivity contribution >= 4 is 0 Å². The van der Waals surface area contributed by atoms with E-state index >= 15 is 0 Å². The van der Waals surface area contributed by atoms with Gasteiger partial charge in [0.2, 0.25) is 0 Å². The molecule has 0 fully saturated rings. The molecule has 2 N–H and O–H groups in total. The molecular formula is C11H12FN3. The molecular weight excluding hydrogens is 193 g/mol. The number of hydrogen-bond acceptors (Lipinski definition) is 2. The second kappa shape index (κ2) is 3.82. The molecule has 0 radical (unpaired) electrons. The maximum Gasteiger partial charge on any atom is 0.123 e. The molecule has 0 bridgehead atoms. The second-order valence-corrected chi connectivity index (χ2v) is 3.36. The molecule has 15 heavy (non-hydrogen) atoms. The molecule has 4 heteroatoms. The Bertz CT molecular complexity index is 459. The molecule has 0 amide bonds. The van der Waals surface area contributed by atoms with E-state index in [-0.39, 0.29) is 5.82 Å². The van der Waals surface area contributed by atoms with Gasteiger partial charge in [0.1, 0.15) is 5.82 Å². The van der Waals surface area contributed by atoms with Gasteiger partial charge in [-0.05, 0) is 24.3 Å². The highest BCUT2D eigenvalue weighted by molar-refractivity contribution is 5.62. The Morgan fingerprint density at radius 2 is 2.00 bits per heavy atom. The van der Waals surface area contributed by atoms with E-state index in [0.29, 0.717) is 6.54 Å². The summed E-state index contributed by atoms with van der Waals surface area (Å²) >= 11 is 0. The molecule has 78 valence electrons. The van der Waals surface area contributed by atoms with Crippen molar-refractivity contribution in [1.29, 1.82) is 0 Å². The second-order valence-electron chi connectivity index (χ2n) is 3.36. The minimum atomic E-state index is -0.241. The molecule has 0 saturated carbocycles. The average molecular weight is 205 g/mol. The lowest BCUT2D eigenvalue weighted by Crippen LogP contribution is -2.00. The maximum absolute atomic E-state index is 12.8. The smallest absolute Gasteiger partial charge is 0.123 e. The zero-order chi connectivity index (χ0) is 10.8. The summed E-state index contributed by atoms with van der Waals surface area (Å²) in [5, 5.41) is 0. The van der Waals surface area contributed by atoms with E-state index in [9.17, 15) is 4.39 Å². The summed E-state index contributed by atoms with van der Waals surface area (Å²) in [4.78, 5) is 4.18. The van der Waals surface area contributed by atoms with E-state index in [0.717, 1.165) is 17.0 Å². The molecule has 3 nitrogen and oxygen atoms in total. The van der Waals surface area contributed by atoms with Gasteiger partial charge in [-0.2, -0.15) is 0 Å². The zero-order valence-corrected chi connectivity index (χ0v) is 8.44. The van der Waals surface area contributed by atoms with Gasteiger partial charge in [0.15, 0.2) is 0 Å². The first-order valence-electron chi connectivity index (χ1n) is 4.68. The first-order chi connectivity index (χ1) is 7.22. The van der Waals surface area contributed by atoms with Gasteiger partial charge in [0.25, 0.3) is 0 Å². The molecule has 1 aromatic heterocycles.